The second-order valence-electron chi connectivity index (χ2n) is 6.12. The molecule has 1 aliphatic rings. The van der Waals surface area contributed by atoms with Gasteiger partial charge in [-0.2, -0.15) is 0 Å². The molecule has 1 aromatic rings. The number of piperazine rings is 1. The first-order valence-corrected chi connectivity index (χ1v) is 9.13. The summed E-state index contributed by atoms with van der Waals surface area (Å²) in [7, 11) is 0. The number of hydrogen-bond donors (Lipinski definition) is 1. The summed E-state index contributed by atoms with van der Waals surface area (Å²) < 4.78 is 0. The van der Waals surface area contributed by atoms with Crippen molar-refractivity contribution in [3.63, 3.8) is 0 Å². The molecule has 1 fully saturated rings. The summed E-state index contributed by atoms with van der Waals surface area (Å²) >= 11 is 0. The molecule has 1 aliphatic heterocycles. The van der Waals surface area contributed by atoms with Crippen LogP contribution >= 0.6 is 0 Å². The van der Waals surface area contributed by atoms with E-state index in [4.69, 9.17) is 4.99 Å². The average Bonchev–Trinajstić information content (AvgIpc) is 2.67. The number of pyridine rings is 1. The van der Waals surface area contributed by atoms with E-state index in [2.05, 4.69) is 61.1 Å². The highest BCUT2D eigenvalue weighted by atomic mass is 15.2. The first-order valence-electron chi connectivity index (χ1n) is 9.13. The number of aliphatic imine (C=N–C) groups is 1. The molecule has 0 radical (unpaired) electrons. The van der Waals surface area contributed by atoms with E-state index in [0.29, 0.717) is 0 Å². The SMILES string of the molecule is C\C=C(C(/C(C)=N/C=C/CC)=C(/C)N1CCNCC1)\c1ccccn1. The van der Waals surface area contributed by atoms with E-state index in [0.717, 1.165) is 49.6 Å². The molecule has 2 heterocycles. The maximum Gasteiger partial charge on any atom is 0.0705 e. The minimum absolute atomic E-state index is 0.989. The van der Waals surface area contributed by atoms with Crippen LogP contribution in [-0.2, 0) is 0 Å². The van der Waals surface area contributed by atoms with Crippen LogP contribution in [-0.4, -0.2) is 41.8 Å². The molecular formula is C21H30N4. The van der Waals surface area contributed by atoms with Crippen LogP contribution in [0.3, 0.4) is 0 Å². The summed E-state index contributed by atoms with van der Waals surface area (Å²) in [5.74, 6) is 0. The smallest absolute Gasteiger partial charge is 0.0705 e. The van der Waals surface area contributed by atoms with E-state index in [-0.39, 0.29) is 0 Å². The lowest BCUT2D eigenvalue weighted by atomic mass is 9.95. The van der Waals surface area contributed by atoms with Crippen molar-refractivity contribution in [2.24, 2.45) is 4.99 Å². The fourth-order valence-corrected chi connectivity index (χ4v) is 3.09. The molecule has 0 bridgehead atoms. The van der Waals surface area contributed by atoms with Crippen molar-refractivity contribution in [3.8, 4) is 0 Å². The van der Waals surface area contributed by atoms with Gasteiger partial charge in [0.15, 0.2) is 0 Å². The van der Waals surface area contributed by atoms with E-state index < -0.39 is 0 Å². The summed E-state index contributed by atoms with van der Waals surface area (Å²) in [5, 5.41) is 3.42. The van der Waals surface area contributed by atoms with Crippen molar-refractivity contribution >= 4 is 11.3 Å². The second-order valence-corrected chi connectivity index (χ2v) is 6.12. The van der Waals surface area contributed by atoms with Crippen LogP contribution in [0.4, 0.5) is 0 Å². The zero-order valence-electron chi connectivity index (χ0n) is 15.9. The van der Waals surface area contributed by atoms with Gasteiger partial charge in [0.1, 0.15) is 0 Å². The normalized spacial score (nSPS) is 17.8. The third kappa shape index (κ3) is 5.13. The molecule has 134 valence electrons. The topological polar surface area (TPSA) is 40.5 Å². The molecule has 0 atom stereocenters. The quantitative estimate of drug-likeness (QED) is 0.628. The van der Waals surface area contributed by atoms with Crippen molar-refractivity contribution in [2.45, 2.75) is 34.1 Å². The van der Waals surface area contributed by atoms with E-state index >= 15 is 0 Å². The lowest BCUT2D eigenvalue weighted by Gasteiger charge is -2.32. The maximum atomic E-state index is 4.69. The standard InChI is InChI=1S/C21H30N4/c1-5-7-11-23-17(3)21(18(4)25-15-13-22-14-16-25)19(6-2)20-10-8-9-12-24-20/h6-12,22H,5,13-16H2,1-4H3/b11-7+,19-6-,21-18-,23-17+. The lowest BCUT2D eigenvalue weighted by molar-refractivity contribution is 0.299. The number of hydrogen-bond acceptors (Lipinski definition) is 4. The van der Waals surface area contributed by atoms with Crippen molar-refractivity contribution in [2.75, 3.05) is 26.2 Å². The van der Waals surface area contributed by atoms with Crippen LogP contribution in [0.25, 0.3) is 5.57 Å². The first kappa shape index (κ1) is 19.1. The van der Waals surface area contributed by atoms with Crippen LogP contribution in [0.15, 0.2) is 59.0 Å². The second kappa shape index (κ2) is 9.94. The van der Waals surface area contributed by atoms with Crippen molar-refractivity contribution in [1.29, 1.82) is 0 Å². The summed E-state index contributed by atoms with van der Waals surface area (Å²) in [4.78, 5) is 11.7. The molecular weight excluding hydrogens is 308 g/mol. The van der Waals surface area contributed by atoms with Crippen molar-refractivity contribution in [1.82, 2.24) is 15.2 Å². The molecule has 0 aliphatic carbocycles. The zero-order chi connectivity index (χ0) is 18.1. The maximum absolute atomic E-state index is 4.69. The zero-order valence-corrected chi connectivity index (χ0v) is 15.9. The number of rotatable bonds is 6. The van der Waals surface area contributed by atoms with Crippen LogP contribution < -0.4 is 5.32 Å². The monoisotopic (exact) mass is 338 g/mol. The molecule has 4 heteroatoms. The van der Waals surface area contributed by atoms with Crippen LogP contribution in [0.1, 0.15) is 39.8 Å². The highest BCUT2D eigenvalue weighted by Gasteiger charge is 2.19. The predicted molar refractivity (Wildman–Crippen MR) is 108 cm³/mol. The Morgan fingerprint density at radius 3 is 2.64 bits per heavy atom. The third-order valence-electron chi connectivity index (χ3n) is 4.42. The van der Waals surface area contributed by atoms with E-state index in [1.807, 2.05) is 24.5 Å². The van der Waals surface area contributed by atoms with Crippen LogP contribution in [0.2, 0.25) is 0 Å². The Labute approximate surface area is 152 Å². The van der Waals surface area contributed by atoms with E-state index in [1.165, 1.54) is 11.3 Å². The molecule has 1 aromatic heterocycles. The van der Waals surface area contributed by atoms with Gasteiger partial charge in [-0.1, -0.05) is 25.1 Å². The molecule has 4 nitrogen and oxygen atoms in total. The molecule has 0 saturated carbocycles. The largest absolute Gasteiger partial charge is 0.372 e. The van der Waals surface area contributed by atoms with Crippen molar-refractivity contribution < 1.29 is 0 Å². The van der Waals surface area contributed by atoms with Gasteiger partial charge in [0, 0.05) is 61.1 Å². The summed E-state index contributed by atoms with van der Waals surface area (Å²) in [6.45, 7) is 12.6. The average molecular weight is 338 g/mol. The minimum Gasteiger partial charge on any atom is -0.372 e. The summed E-state index contributed by atoms with van der Waals surface area (Å²) in [6, 6.07) is 6.05. The lowest BCUT2D eigenvalue weighted by Crippen LogP contribution is -2.43. The summed E-state index contributed by atoms with van der Waals surface area (Å²) in [6.07, 6.45) is 8.97. The third-order valence-corrected chi connectivity index (χ3v) is 4.42. The van der Waals surface area contributed by atoms with Gasteiger partial charge in [0.25, 0.3) is 0 Å². The van der Waals surface area contributed by atoms with Gasteiger partial charge in [-0.15, -0.1) is 0 Å². The Hall–Kier alpha value is -2.20. The van der Waals surface area contributed by atoms with E-state index in [9.17, 15) is 0 Å². The van der Waals surface area contributed by atoms with Gasteiger partial charge in [-0.05, 0) is 39.3 Å². The minimum atomic E-state index is 0.989. The highest BCUT2D eigenvalue weighted by Crippen LogP contribution is 2.27. The number of allylic oxidation sites excluding steroid dienone is 5. The summed E-state index contributed by atoms with van der Waals surface area (Å²) in [5.41, 5.74) is 5.61. The number of nitrogens with one attached hydrogen (secondary N) is 1. The van der Waals surface area contributed by atoms with Gasteiger partial charge < -0.3 is 10.2 Å². The van der Waals surface area contributed by atoms with Gasteiger partial charge in [0.2, 0.25) is 0 Å². The molecule has 2 rings (SSSR count). The number of aromatic nitrogens is 1. The molecule has 0 spiro atoms. The van der Waals surface area contributed by atoms with Gasteiger partial charge in [-0.25, -0.2) is 0 Å². The molecule has 0 unspecified atom stereocenters. The Morgan fingerprint density at radius 1 is 1.28 bits per heavy atom. The Kier molecular flexibility index (Phi) is 7.61. The predicted octanol–water partition coefficient (Wildman–Crippen LogP) is 4.05. The molecule has 1 N–H and O–H groups in total. The van der Waals surface area contributed by atoms with Crippen LogP contribution in [0, 0.1) is 0 Å². The van der Waals surface area contributed by atoms with Gasteiger partial charge in [0.05, 0.1) is 5.69 Å². The highest BCUT2D eigenvalue weighted by molar-refractivity contribution is 6.12. The van der Waals surface area contributed by atoms with E-state index in [1.54, 1.807) is 0 Å². The molecule has 25 heavy (non-hydrogen) atoms. The number of nitrogens with zero attached hydrogens (tertiary/aromatic N) is 3. The van der Waals surface area contributed by atoms with Gasteiger partial charge >= 0.3 is 0 Å². The molecule has 1 saturated heterocycles. The fraction of sp³-hybridized carbons (Fsp3) is 0.429. The first-order chi connectivity index (χ1) is 12.2. The fourth-order valence-electron chi connectivity index (χ4n) is 3.09. The van der Waals surface area contributed by atoms with Crippen molar-refractivity contribution in [3.05, 3.63) is 59.7 Å². The molecule has 0 amide bonds. The van der Waals surface area contributed by atoms with Gasteiger partial charge in [-0.3, -0.25) is 9.98 Å². The Morgan fingerprint density at radius 2 is 2.04 bits per heavy atom. The Balaban J connectivity index is 2.51. The van der Waals surface area contributed by atoms with Crippen LogP contribution in [0.5, 0.6) is 0 Å². The Bertz CT molecular complexity index is 662. The molecule has 0 aromatic carbocycles.